The number of aldehydes is 1. The Labute approximate surface area is 66.1 Å². The molecule has 0 spiro atoms. The highest BCUT2D eigenvalue weighted by atomic mass is 16.1. The summed E-state index contributed by atoms with van der Waals surface area (Å²) >= 11 is 0. The Bertz CT molecular complexity index is 226. The molecule has 1 aromatic heterocycles. The zero-order valence-corrected chi connectivity index (χ0v) is 6.82. The van der Waals surface area contributed by atoms with Gasteiger partial charge >= 0.3 is 0 Å². The molecule has 11 heavy (non-hydrogen) atoms. The van der Waals surface area contributed by atoms with E-state index in [1.54, 1.807) is 12.5 Å². The van der Waals surface area contributed by atoms with Crippen molar-refractivity contribution in [2.75, 3.05) is 0 Å². The van der Waals surface area contributed by atoms with Crippen molar-refractivity contribution < 1.29 is 4.79 Å². The van der Waals surface area contributed by atoms with E-state index in [1.807, 2.05) is 24.6 Å². The number of carbonyl (C=O) groups is 1. The number of nitrogens with zero attached hydrogens (tertiary/aromatic N) is 2. The molecule has 0 radical (unpaired) electrons. The van der Waals surface area contributed by atoms with Crippen LogP contribution in [0.1, 0.15) is 13.8 Å². The van der Waals surface area contributed by atoms with Crippen LogP contribution in [0.3, 0.4) is 0 Å². The zero-order valence-electron chi connectivity index (χ0n) is 6.82. The second kappa shape index (κ2) is 2.86. The lowest BCUT2D eigenvalue weighted by Crippen LogP contribution is -2.20. The second-order valence-corrected chi connectivity index (χ2v) is 3.34. The van der Waals surface area contributed by atoms with E-state index in [-0.39, 0.29) is 5.41 Å². The average Bonchev–Trinajstić information content (AvgIpc) is 2.39. The second-order valence-electron chi connectivity index (χ2n) is 3.34. The predicted molar refractivity (Wildman–Crippen MR) is 42.1 cm³/mol. The molecule has 0 aliphatic carbocycles. The molecule has 0 atom stereocenters. The van der Waals surface area contributed by atoms with Crippen molar-refractivity contribution in [1.82, 2.24) is 9.55 Å². The highest BCUT2D eigenvalue weighted by molar-refractivity contribution is 5.57. The minimum atomic E-state index is -0.291. The van der Waals surface area contributed by atoms with Gasteiger partial charge in [-0.25, -0.2) is 4.98 Å². The van der Waals surface area contributed by atoms with Gasteiger partial charge in [-0.2, -0.15) is 0 Å². The van der Waals surface area contributed by atoms with Crippen molar-refractivity contribution in [2.24, 2.45) is 5.41 Å². The molecule has 0 aliphatic rings. The van der Waals surface area contributed by atoms with E-state index < -0.39 is 0 Å². The topological polar surface area (TPSA) is 34.9 Å². The van der Waals surface area contributed by atoms with Gasteiger partial charge in [0.15, 0.2) is 0 Å². The van der Waals surface area contributed by atoms with Crippen LogP contribution < -0.4 is 0 Å². The molecule has 0 unspecified atom stereocenters. The SMILES string of the molecule is CC(C)(C=O)Cn1ccnc1. The van der Waals surface area contributed by atoms with Gasteiger partial charge in [0.25, 0.3) is 0 Å². The molecule has 1 rings (SSSR count). The molecule has 60 valence electrons. The van der Waals surface area contributed by atoms with E-state index in [9.17, 15) is 4.79 Å². The van der Waals surface area contributed by atoms with Crippen LogP contribution in [0.5, 0.6) is 0 Å². The summed E-state index contributed by atoms with van der Waals surface area (Å²) < 4.78 is 1.90. The molecule has 0 bridgehead atoms. The Morgan fingerprint density at radius 2 is 2.36 bits per heavy atom. The Kier molecular flexibility index (Phi) is 2.08. The van der Waals surface area contributed by atoms with Gasteiger partial charge in [0.2, 0.25) is 0 Å². The van der Waals surface area contributed by atoms with Gasteiger partial charge in [0.1, 0.15) is 6.29 Å². The Morgan fingerprint density at radius 1 is 1.64 bits per heavy atom. The molecule has 1 heterocycles. The van der Waals surface area contributed by atoms with Crippen molar-refractivity contribution in [3.63, 3.8) is 0 Å². The van der Waals surface area contributed by atoms with Crippen LogP contribution in [0.15, 0.2) is 18.7 Å². The van der Waals surface area contributed by atoms with Crippen molar-refractivity contribution in [1.29, 1.82) is 0 Å². The fourth-order valence-electron chi connectivity index (χ4n) is 0.888. The third kappa shape index (κ3) is 2.18. The molecule has 0 N–H and O–H groups in total. The van der Waals surface area contributed by atoms with Crippen LogP contribution in [-0.4, -0.2) is 15.8 Å². The first kappa shape index (κ1) is 7.98. The molecule has 0 aromatic carbocycles. The smallest absolute Gasteiger partial charge is 0.127 e. The van der Waals surface area contributed by atoms with Crippen molar-refractivity contribution in [3.8, 4) is 0 Å². The van der Waals surface area contributed by atoms with Crippen LogP contribution in [0.25, 0.3) is 0 Å². The lowest BCUT2D eigenvalue weighted by molar-refractivity contribution is -0.115. The summed E-state index contributed by atoms with van der Waals surface area (Å²) in [4.78, 5) is 14.4. The molecule has 1 aromatic rings. The quantitative estimate of drug-likeness (QED) is 0.608. The maximum absolute atomic E-state index is 10.5. The van der Waals surface area contributed by atoms with E-state index in [0.717, 1.165) is 6.29 Å². The maximum Gasteiger partial charge on any atom is 0.127 e. The first-order valence-electron chi connectivity index (χ1n) is 3.56. The standard InChI is InChI=1S/C8H12N2O/c1-8(2,6-11)5-10-4-3-9-7-10/h3-4,6-7H,5H2,1-2H3. The minimum absolute atomic E-state index is 0.291. The first-order chi connectivity index (χ1) is 5.14. The third-order valence-corrected chi connectivity index (χ3v) is 1.47. The zero-order chi connectivity index (χ0) is 8.32. The van der Waals surface area contributed by atoms with Crippen LogP contribution in [-0.2, 0) is 11.3 Å². The average molecular weight is 152 g/mol. The highest BCUT2D eigenvalue weighted by Crippen LogP contribution is 2.13. The minimum Gasteiger partial charge on any atom is -0.337 e. The molecule has 0 aliphatic heterocycles. The summed E-state index contributed by atoms with van der Waals surface area (Å²) in [5, 5.41) is 0. The van der Waals surface area contributed by atoms with Gasteiger partial charge in [-0.05, 0) is 0 Å². The van der Waals surface area contributed by atoms with Crippen molar-refractivity contribution in [3.05, 3.63) is 18.7 Å². The van der Waals surface area contributed by atoms with Gasteiger partial charge < -0.3 is 9.36 Å². The van der Waals surface area contributed by atoms with Gasteiger partial charge in [-0.3, -0.25) is 0 Å². The Hall–Kier alpha value is -1.12. The first-order valence-corrected chi connectivity index (χ1v) is 3.56. The molecule has 3 heteroatoms. The fraction of sp³-hybridized carbons (Fsp3) is 0.500. The van der Waals surface area contributed by atoms with Crippen LogP contribution >= 0.6 is 0 Å². The Balaban J connectivity index is 2.63. The van der Waals surface area contributed by atoms with Crippen molar-refractivity contribution >= 4 is 6.29 Å². The molecular weight excluding hydrogens is 140 g/mol. The van der Waals surface area contributed by atoms with E-state index in [2.05, 4.69) is 4.98 Å². The number of hydrogen-bond donors (Lipinski definition) is 0. The molecule has 0 saturated carbocycles. The molecular formula is C8H12N2O. The van der Waals surface area contributed by atoms with Gasteiger partial charge in [0.05, 0.1) is 6.33 Å². The van der Waals surface area contributed by atoms with Crippen LogP contribution in [0.2, 0.25) is 0 Å². The summed E-state index contributed by atoms with van der Waals surface area (Å²) in [5.41, 5.74) is -0.291. The lowest BCUT2D eigenvalue weighted by atomic mass is 9.96. The summed E-state index contributed by atoms with van der Waals surface area (Å²) in [6, 6.07) is 0. The molecule has 0 amide bonds. The largest absolute Gasteiger partial charge is 0.337 e. The van der Waals surface area contributed by atoms with Crippen LogP contribution in [0, 0.1) is 5.41 Å². The van der Waals surface area contributed by atoms with E-state index >= 15 is 0 Å². The van der Waals surface area contributed by atoms with Gasteiger partial charge in [-0.1, -0.05) is 13.8 Å². The van der Waals surface area contributed by atoms with E-state index in [0.29, 0.717) is 6.54 Å². The van der Waals surface area contributed by atoms with E-state index in [4.69, 9.17) is 0 Å². The normalized spacial score (nSPS) is 11.5. The van der Waals surface area contributed by atoms with Gasteiger partial charge in [-0.15, -0.1) is 0 Å². The number of hydrogen-bond acceptors (Lipinski definition) is 2. The molecule has 0 fully saturated rings. The highest BCUT2D eigenvalue weighted by Gasteiger charge is 2.16. The maximum atomic E-state index is 10.5. The fourth-order valence-corrected chi connectivity index (χ4v) is 0.888. The molecule has 3 nitrogen and oxygen atoms in total. The summed E-state index contributed by atoms with van der Waals surface area (Å²) in [5.74, 6) is 0. The summed E-state index contributed by atoms with van der Waals surface area (Å²) in [7, 11) is 0. The van der Waals surface area contributed by atoms with Crippen molar-refractivity contribution in [2.45, 2.75) is 20.4 Å². The third-order valence-electron chi connectivity index (χ3n) is 1.47. The number of carbonyl (C=O) groups excluding carboxylic acids is 1. The summed E-state index contributed by atoms with van der Waals surface area (Å²) in [6.07, 6.45) is 6.24. The number of rotatable bonds is 3. The van der Waals surface area contributed by atoms with Gasteiger partial charge in [0, 0.05) is 24.4 Å². The van der Waals surface area contributed by atoms with Crippen LogP contribution in [0.4, 0.5) is 0 Å². The monoisotopic (exact) mass is 152 g/mol. The lowest BCUT2D eigenvalue weighted by Gasteiger charge is -2.16. The predicted octanol–water partition coefficient (Wildman–Crippen LogP) is 1.11. The van der Waals surface area contributed by atoms with E-state index in [1.165, 1.54) is 0 Å². The number of imidazole rings is 1. The number of aromatic nitrogens is 2. The molecule has 0 saturated heterocycles. The summed E-state index contributed by atoms with van der Waals surface area (Å²) in [6.45, 7) is 4.50. The Morgan fingerprint density at radius 3 is 2.82 bits per heavy atom.